The number of nitrogens with zero attached hydrogens (tertiary/aromatic N) is 3. The Labute approximate surface area is 176 Å². The molecule has 0 spiro atoms. The van der Waals surface area contributed by atoms with Crippen LogP contribution in [0.15, 0.2) is 73.1 Å². The second-order valence-corrected chi connectivity index (χ2v) is 8.08. The second kappa shape index (κ2) is 8.19. The molecule has 5 heteroatoms. The molecular formula is C25H26N4O. The van der Waals surface area contributed by atoms with Gasteiger partial charge in [0.05, 0.1) is 0 Å². The molecule has 0 atom stereocenters. The zero-order valence-electron chi connectivity index (χ0n) is 17.0. The molecule has 0 aliphatic heterocycles. The van der Waals surface area contributed by atoms with Gasteiger partial charge >= 0.3 is 0 Å². The molecule has 0 unspecified atom stereocenters. The molecule has 30 heavy (non-hydrogen) atoms. The van der Waals surface area contributed by atoms with Gasteiger partial charge in [0.15, 0.2) is 5.69 Å². The van der Waals surface area contributed by atoms with Crippen molar-refractivity contribution in [2.75, 3.05) is 0 Å². The topological polar surface area (TPSA) is 51.3 Å². The van der Waals surface area contributed by atoms with E-state index in [0.29, 0.717) is 5.69 Å². The van der Waals surface area contributed by atoms with E-state index in [2.05, 4.69) is 51.3 Å². The smallest absolute Gasteiger partial charge is 0.272 e. The summed E-state index contributed by atoms with van der Waals surface area (Å²) in [5.41, 5.74) is 3.86. The highest BCUT2D eigenvalue weighted by molar-refractivity contribution is 5.92. The Morgan fingerprint density at radius 1 is 0.867 bits per heavy atom. The van der Waals surface area contributed by atoms with E-state index in [1.807, 2.05) is 30.5 Å². The molecule has 152 valence electrons. The molecule has 5 rings (SSSR count). The lowest BCUT2D eigenvalue weighted by atomic mass is 10.1. The van der Waals surface area contributed by atoms with Crippen molar-refractivity contribution in [2.45, 2.75) is 44.6 Å². The number of fused-ring (bicyclic) bond motifs is 1. The van der Waals surface area contributed by atoms with E-state index in [0.717, 1.165) is 29.7 Å². The van der Waals surface area contributed by atoms with Crippen LogP contribution in [-0.2, 0) is 0 Å². The van der Waals surface area contributed by atoms with Crippen molar-refractivity contribution in [2.24, 2.45) is 0 Å². The Morgan fingerprint density at radius 2 is 1.63 bits per heavy atom. The molecule has 1 fully saturated rings. The number of hydrogen-bond acceptors (Lipinski definition) is 2. The zero-order chi connectivity index (χ0) is 20.3. The maximum Gasteiger partial charge on any atom is 0.272 e. The fraction of sp³-hybridized carbons (Fsp3) is 0.280. The van der Waals surface area contributed by atoms with Crippen molar-refractivity contribution in [1.29, 1.82) is 0 Å². The number of pyridine rings is 1. The van der Waals surface area contributed by atoms with Crippen LogP contribution in [0.2, 0.25) is 0 Å². The fourth-order valence-electron chi connectivity index (χ4n) is 4.33. The Bertz CT molecular complexity index is 1150. The molecule has 1 aliphatic carbocycles. The van der Waals surface area contributed by atoms with Gasteiger partial charge in [0.2, 0.25) is 0 Å². The Hall–Kier alpha value is -3.34. The van der Waals surface area contributed by atoms with Gasteiger partial charge in [-0.05, 0) is 48.2 Å². The fourth-order valence-corrected chi connectivity index (χ4v) is 4.33. The highest BCUT2D eigenvalue weighted by atomic mass is 16.2. The predicted octanol–water partition coefficient (Wildman–Crippen LogP) is 5.24. The first kappa shape index (κ1) is 18.7. The van der Waals surface area contributed by atoms with E-state index in [1.165, 1.54) is 31.2 Å². The first-order chi connectivity index (χ1) is 14.8. The monoisotopic (exact) mass is 398 g/mol. The quantitative estimate of drug-likeness (QED) is 0.478. The molecule has 3 heterocycles. The first-order valence-electron chi connectivity index (χ1n) is 10.8. The van der Waals surface area contributed by atoms with Gasteiger partial charge in [-0.3, -0.25) is 4.79 Å². The van der Waals surface area contributed by atoms with Crippen LogP contribution in [0.3, 0.4) is 0 Å². The van der Waals surface area contributed by atoms with E-state index in [1.54, 1.807) is 10.7 Å². The summed E-state index contributed by atoms with van der Waals surface area (Å²) in [4.78, 5) is 12.7. The normalized spacial score (nSPS) is 15.2. The molecule has 1 N–H and O–H groups in total. The van der Waals surface area contributed by atoms with Crippen molar-refractivity contribution >= 4 is 11.4 Å². The molecule has 0 radical (unpaired) electrons. The van der Waals surface area contributed by atoms with Crippen LogP contribution in [0, 0.1) is 0 Å². The van der Waals surface area contributed by atoms with E-state index in [-0.39, 0.29) is 11.9 Å². The van der Waals surface area contributed by atoms with E-state index in [9.17, 15) is 4.79 Å². The van der Waals surface area contributed by atoms with Crippen LogP contribution >= 0.6 is 0 Å². The number of benzene rings is 1. The molecule has 0 saturated heterocycles. The molecule has 4 aromatic rings. The Kier molecular flexibility index (Phi) is 5.10. The lowest BCUT2D eigenvalue weighted by molar-refractivity contribution is 0.0928. The summed E-state index contributed by atoms with van der Waals surface area (Å²) in [7, 11) is 0. The maximum absolute atomic E-state index is 12.7. The average Bonchev–Trinajstić information content (AvgIpc) is 3.35. The summed E-state index contributed by atoms with van der Waals surface area (Å²) in [6, 6.07) is 20.7. The molecule has 1 aliphatic rings. The molecule has 1 saturated carbocycles. The van der Waals surface area contributed by atoms with Gasteiger partial charge in [0.25, 0.3) is 5.91 Å². The molecule has 1 aromatic carbocycles. The van der Waals surface area contributed by atoms with Crippen LogP contribution in [-0.4, -0.2) is 26.1 Å². The van der Waals surface area contributed by atoms with Crippen molar-refractivity contribution in [3.05, 3.63) is 78.8 Å². The van der Waals surface area contributed by atoms with Gasteiger partial charge < -0.3 is 9.72 Å². The summed E-state index contributed by atoms with van der Waals surface area (Å²) in [6.07, 6.45) is 11.0. The third-order valence-electron chi connectivity index (χ3n) is 5.98. The number of amides is 1. The number of nitrogens with one attached hydrogen (secondary N) is 1. The number of carbonyl (C=O) groups is 1. The minimum atomic E-state index is -0.0773. The first-order valence-corrected chi connectivity index (χ1v) is 10.8. The Balaban J connectivity index is 1.41. The summed E-state index contributed by atoms with van der Waals surface area (Å²) >= 11 is 0. The molecule has 3 aromatic heterocycles. The predicted molar refractivity (Wildman–Crippen MR) is 119 cm³/mol. The SMILES string of the molecule is O=C(NC1CCCCCC1)c1ccn(-c2ccc3ccc(-c4ccccc4)cn23)n1. The number of aromatic nitrogens is 3. The van der Waals surface area contributed by atoms with Crippen molar-refractivity contribution in [3.63, 3.8) is 0 Å². The van der Waals surface area contributed by atoms with Crippen LogP contribution in [0.25, 0.3) is 22.5 Å². The van der Waals surface area contributed by atoms with Crippen LogP contribution in [0.1, 0.15) is 49.0 Å². The standard InChI is InChI=1S/C25H26N4O/c30-25(26-21-10-6-1-2-7-11-21)23-16-17-29(27-23)24-15-14-22-13-12-20(18-28(22)24)19-8-4-3-5-9-19/h3-5,8-9,12-18,21H,1-2,6-7,10-11H2,(H,26,30). The molecular weight excluding hydrogens is 372 g/mol. The largest absolute Gasteiger partial charge is 0.348 e. The maximum atomic E-state index is 12.7. The second-order valence-electron chi connectivity index (χ2n) is 8.08. The van der Waals surface area contributed by atoms with E-state index < -0.39 is 0 Å². The van der Waals surface area contributed by atoms with E-state index >= 15 is 0 Å². The van der Waals surface area contributed by atoms with Gasteiger partial charge in [-0.25, -0.2) is 4.68 Å². The minimum absolute atomic E-state index is 0.0773. The third-order valence-corrected chi connectivity index (χ3v) is 5.98. The number of carbonyl (C=O) groups excluding carboxylic acids is 1. The lowest BCUT2D eigenvalue weighted by Gasteiger charge is -2.15. The van der Waals surface area contributed by atoms with Gasteiger partial charge in [-0.1, -0.05) is 62.1 Å². The minimum Gasteiger partial charge on any atom is -0.348 e. The summed E-state index contributed by atoms with van der Waals surface area (Å²) in [6.45, 7) is 0. The summed E-state index contributed by atoms with van der Waals surface area (Å²) < 4.78 is 3.89. The average molecular weight is 399 g/mol. The zero-order valence-corrected chi connectivity index (χ0v) is 17.0. The lowest BCUT2D eigenvalue weighted by Crippen LogP contribution is -2.34. The number of rotatable bonds is 4. The Morgan fingerprint density at radius 3 is 2.43 bits per heavy atom. The van der Waals surface area contributed by atoms with Gasteiger partial charge in [0, 0.05) is 24.0 Å². The van der Waals surface area contributed by atoms with Gasteiger partial charge in [0.1, 0.15) is 5.82 Å². The molecule has 1 amide bonds. The molecule has 5 nitrogen and oxygen atoms in total. The van der Waals surface area contributed by atoms with E-state index in [4.69, 9.17) is 0 Å². The third kappa shape index (κ3) is 3.75. The van der Waals surface area contributed by atoms with Gasteiger partial charge in [-0.15, -0.1) is 0 Å². The van der Waals surface area contributed by atoms with Crippen LogP contribution in [0.5, 0.6) is 0 Å². The highest BCUT2D eigenvalue weighted by Gasteiger charge is 2.18. The van der Waals surface area contributed by atoms with Crippen molar-refractivity contribution in [3.8, 4) is 16.9 Å². The van der Waals surface area contributed by atoms with Crippen molar-refractivity contribution in [1.82, 2.24) is 19.5 Å². The molecule has 0 bridgehead atoms. The summed E-state index contributed by atoms with van der Waals surface area (Å²) in [5, 5.41) is 7.76. The van der Waals surface area contributed by atoms with Crippen LogP contribution < -0.4 is 5.32 Å². The van der Waals surface area contributed by atoms with Crippen LogP contribution in [0.4, 0.5) is 0 Å². The summed E-state index contributed by atoms with van der Waals surface area (Å²) in [5.74, 6) is 0.836. The highest BCUT2D eigenvalue weighted by Crippen LogP contribution is 2.23. The van der Waals surface area contributed by atoms with Crippen molar-refractivity contribution < 1.29 is 4.79 Å². The number of hydrogen-bond donors (Lipinski definition) is 1. The van der Waals surface area contributed by atoms with Gasteiger partial charge in [-0.2, -0.15) is 5.10 Å².